The minimum Gasteiger partial charge on any atom is -0.497 e. The summed E-state index contributed by atoms with van der Waals surface area (Å²) in [6.45, 7) is 2.71. The van der Waals surface area contributed by atoms with Crippen molar-refractivity contribution in [2.24, 2.45) is 5.92 Å². The third kappa shape index (κ3) is 5.10. The van der Waals surface area contributed by atoms with Gasteiger partial charge in [0.15, 0.2) is 0 Å². The summed E-state index contributed by atoms with van der Waals surface area (Å²) in [5, 5.41) is 5.71. The minimum absolute atomic E-state index is 0.139. The van der Waals surface area contributed by atoms with Gasteiger partial charge in [0.25, 0.3) is 0 Å². The van der Waals surface area contributed by atoms with Gasteiger partial charge in [-0.2, -0.15) is 0 Å². The van der Waals surface area contributed by atoms with Gasteiger partial charge in [-0.05, 0) is 49.8 Å². The van der Waals surface area contributed by atoms with Crippen molar-refractivity contribution in [1.29, 1.82) is 0 Å². The number of amides is 2. The molecule has 1 fully saturated rings. The Morgan fingerprint density at radius 3 is 2.86 bits per heavy atom. The van der Waals surface area contributed by atoms with Gasteiger partial charge in [0.1, 0.15) is 5.75 Å². The normalized spacial score (nSPS) is 15.6. The van der Waals surface area contributed by atoms with Gasteiger partial charge in [-0.25, -0.2) is 4.79 Å². The SMILES string of the molecule is COc1cccc(CCNC(=O)N/C=C(\C)C2CCCC2)c1. The summed E-state index contributed by atoms with van der Waals surface area (Å²) in [5.74, 6) is 1.49. The van der Waals surface area contributed by atoms with E-state index in [1.807, 2.05) is 30.5 Å². The average molecular weight is 302 g/mol. The molecule has 1 aromatic rings. The molecular formula is C18H26N2O2. The highest BCUT2D eigenvalue weighted by Crippen LogP contribution is 2.30. The summed E-state index contributed by atoms with van der Waals surface area (Å²) in [7, 11) is 1.66. The Labute approximate surface area is 132 Å². The molecule has 0 atom stereocenters. The molecule has 2 N–H and O–H groups in total. The summed E-state index contributed by atoms with van der Waals surface area (Å²) in [4.78, 5) is 11.8. The van der Waals surface area contributed by atoms with E-state index in [0.29, 0.717) is 12.5 Å². The highest BCUT2D eigenvalue weighted by atomic mass is 16.5. The lowest BCUT2D eigenvalue weighted by Gasteiger charge is -2.10. The Hall–Kier alpha value is -1.97. The zero-order valence-corrected chi connectivity index (χ0v) is 13.5. The lowest BCUT2D eigenvalue weighted by molar-refractivity contribution is 0.244. The summed E-state index contributed by atoms with van der Waals surface area (Å²) in [6.07, 6.45) is 7.76. The van der Waals surface area contributed by atoms with Crippen molar-refractivity contribution in [1.82, 2.24) is 10.6 Å². The number of benzene rings is 1. The number of hydrogen-bond donors (Lipinski definition) is 2. The first-order valence-corrected chi connectivity index (χ1v) is 8.03. The molecule has 0 bridgehead atoms. The molecule has 1 aliphatic rings. The Balaban J connectivity index is 1.70. The van der Waals surface area contributed by atoms with E-state index in [0.717, 1.165) is 17.7 Å². The number of urea groups is 1. The van der Waals surface area contributed by atoms with Crippen molar-refractivity contribution < 1.29 is 9.53 Å². The summed E-state index contributed by atoms with van der Waals surface area (Å²) < 4.78 is 5.19. The van der Waals surface area contributed by atoms with E-state index in [1.165, 1.54) is 31.3 Å². The molecule has 2 amide bonds. The van der Waals surface area contributed by atoms with Crippen LogP contribution < -0.4 is 15.4 Å². The Bertz CT molecular complexity index is 520. The molecule has 4 heteroatoms. The standard InChI is InChI=1S/C18H26N2O2/c1-14(16-7-3-4-8-16)13-20-18(21)19-11-10-15-6-5-9-17(12-15)22-2/h5-6,9,12-13,16H,3-4,7-8,10-11H2,1-2H3,(H2,19,20,21)/b14-13+. The zero-order valence-electron chi connectivity index (χ0n) is 13.5. The van der Waals surface area contributed by atoms with Crippen LogP contribution in [0.25, 0.3) is 0 Å². The number of allylic oxidation sites excluding steroid dienone is 1. The fourth-order valence-electron chi connectivity index (χ4n) is 2.88. The van der Waals surface area contributed by atoms with Crippen LogP contribution in [-0.4, -0.2) is 19.7 Å². The average Bonchev–Trinajstić information content (AvgIpc) is 3.07. The highest BCUT2D eigenvalue weighted by Gasteiger charge is 2.16. The second-order valence-corrected chi connectivity index (χ2v) is 5.87. The van der Waals surface area contributed by atoms with Gasteiger partial charge in [0, 0.05) is 12.7 Å². The number of hydrogen-bond acceptors (Lipinski definition) is 2. The summed E-state index contributed by atoms with van der Waals surface area (Å²) in [6, 6.07) is 7.76. The molecule has 0 aromatic heterocycles. The number of carbonyl (C=O) groups excluding carboxylic acids is 1. The minimum atomic E-state index is -0.139. The van der Waals surface area contributed by atoms with E-state index < -0.39 is 0 Å². The van der Waals surface area contributed by atoms with E-state index in [2.05, 4.69) is 17.6 Å². The van der Waals surface area contributed by atoms with Crippen molar-refractivity contribution in [2.45, 2.75) is 39.0 Å². The summed E-state index contributed by atoms with van der Waals surface area (Å²) in [5.41, 5.74) is 2.43. The maximum atomic E-state index is 11.8. The van der Waals surface area contributed by atoms with Crippen LogP contribution in [0.2, 0.25) is 0 Å². The van der Waals surface area contributed by atoms with Crippen LogP contribution >= 0.6 is 0 Å². The monoisotopic (exact) mass is 302 g/mol. The van der Waals surface area contributed by atoms with Gasteiger partial charge >= 0.3 is 6.03 Å². The van der Waals surface area contributed by atoms with E-state index in [-0.39, 0.29) is 6.03 Å². The number of methoxy groups -OCH3 is 1. The van der Waals surface area contributed by atoms with Crippen molar-refractivity contribution in [2.75, 3.05) is 13.7 Å². The maximum absolute atomic E-state index is 11.8. The van der Waals surface area contributed by atoms with Gasteiger partial charge in [-0.15, -0.1) is 0 Å². The first-order valence-electron chi connectivity index (χ1n) is 8.03. The van der Waals surface area contributed by atoms with Crippen LogP contribution in [0.1, 0.15) is 38.2 Å². The molecule has 0 unspecified atom stereocenters. The molecule has 1 aliphatic carbocycles. The second-order valence-electron chi connectivity index (χ2n) is 5.87. The van der Waals surface area contributed by atoms with E-state index in [9.17, 15) is 4.79 Å². The molecule has 2 rings (SSSR count). The Morgan fingerprint density at radius 1 is 1.36 bits per heavy atom. The number of ether oxygens (including phenoxy) is 1. The topological polar surface area (TPSA) is 50.4 Å². The molecule has 0 spiro atoms. The van der Waals surface area contributed by atoms with Crippen LogP contribution in [0.15, 0.2) is 36.0 Å². The molecule has 120 valence electrons. The summed E-state index contributed by atoms with van der Waals surface area (Å²) >= 11 is 0. The van der Waals surface area contributed by atoms with Crippen molar-refractivity contribution >= 4 is 6.03 Å². The third-order valence-corrected chi connectivity index (χ3v) is 4.26. The third-order valence-electron chi connectivity index (χ3n) is 4.26. The van der Waals surface area contributed by atoms with Gasteiger partial charge in [-0.1, -0.05) is 30.5 Å². The fraction of sp³-hybridized carbons (Fsp3) is 0.500. The fourth-order valence-corrected chi connectivity index (χ4v) is 2.88. The van der Waals surface area contributed by atoms with Crippen LogP contribution in [0, 0.1) is 5.92 Å². The molecule has 0 radical (unpaired) electrons. The van der Waals surface area contributed by atoms with Gasteiger partial charge < -0.3 is 15.4 Å². The number of nitrogens with one attached hydrogen (secondary N) is 2. The highest BCUT2D eigenvalue weighted by molar-refractivity contribution is 5.74. The number of carbonyl (C=O) groups is 1. The lowest BCUT2D eigenvalue weighted by atomic mass is 10.0. The zero-order chi connectivity index (χ0) is 15.8. The largest absolute Gasteiger partial charge is 0.497 e. The number of rotatable bonds is 6. The van der Waals surface area contributed by atoms with Crippen LogP contribution in [0.5, 0.6) is 5.75 Å². The van der Waals surface area contributed by atoms with E-state index in [4.69, 9.17) is 4.74 Å². The molecule has 4 nitrogen and oxygen atoms in total. The Kier molecular flexibility index (Phi) is 6.31. The van der Waals surface area contributed by atoms with E-state index in [1.54, 1.807) is 7.11 Å². The lowest BCUT2D eigenvalue weighted by Crippen LogP contribution is -2.33. The van der Waals surface area contributed by atoms with Crippen molar-refractivity contribution in [3.05, 3.63) is 41.6 Å². The predicted octanol–water partition coefficient (Wildman–Crippen LogP) is 3.63. The van der Waals surface area contributed by atoms with E-state index >= 15 is 0 Å². The molecule has 1 saturated carbocycles. The van der Waals surface area contributed by atoms with Crippen LogP contribution in [0.3, 0.4) is 0 Å². The quantitative estimate of drug-likeness (QED) is 0.843. The first kappa shape index (κ1) is 16.4. The van der Waals surface area contributed by atoms with Crippen molar-refractivity contribution in [3.63, 3.8) is 0 Å². The predicted molar refractivity (Wildman–Crippen MR) is 88.9 cm³/mol. The smallest absolute Gasteiger partial charge is 0.318 e. The molecule has 0 aliphatic heterocycles. The van der Waals surface area contributed by atoms with Gasteiger partial charge in [-0.3, -0.25) is 0 Å². The molecule has 1 aromatic carbocycles. The second kappa shape index (κ2) is 8.47. The van der Waals surface area contributed by atoms with Gasteiger partial charge in [0.2, 0.25) is 0 Å². The van der Waals surface area contributed by atoms with Crippen LogP contribution in [0.4, 0.5) is 4.79 Å². The molecule has 0 heterocycles. The first-order chi connectivity index (χ1) is 10.7. The van der Waals surface area contributed by atoms with Crippen LogP contribution in [-0.2, 0) is 6.42 Å². The Morgan fingerprint density at radius 2 is 2.14 bits per heavy atom. The molecule has 0 saturated heterocycles. The maximum Gasteiger partial charge on any atom is 0.318 e. The molecular weight excluding hydrogens is 276 g/mol. The molecule has 22 heavy (non-hydrogen) atoms. The van der Waals surface area contributed by atoms with Gasteiger partial charge in [0.05, 0.1) is 7.11 Å². The van der Waals surface area contributed by atoms with Crippen molar-refractivity contribution in [3.8, 4) is 5.75 Å².